The van der Waals surface area contributed by atoms with Crippen LogP contribution in [0.5, 0.6) is 0 Å². The van der Waals surface area contributed by atoms with E-state index in [1.807, 2.05) is 6.07 Å². The van der Waals surface area contributed by atoms with E-state index in [0.29, 0.717) is 12.0 Å². The summed E-state index contributed by atoms with van der Waals surface area (Å²) in [4.78, 5) is 12.6. The molecular weight excluding hydrogens is 260 g/mol. The summed E-state index contributed by atoms with van der Waals surface area (Å²) in [5.41, 5.74) is 2.46. The van der Waals surface area contributed by atoms with Crippen molar-refractivity contribution < 1.29 is 4.79 Å². The Hall–Kier alpha value is -1.35. The predicted molar refractivity (Wildman–Crippen MR) is 85.0 cm³/mol. The second kappa shape index (κ2) is 6.18. The lowest BCUT2D eigenvalue weighted by molar-refractivity contribution is -0.124. The number of hydrogen-bond acceptors (Lipinski definition) is 2. The van der Waals surface area contributed by atoms with Gasteiger partial charge in [-0.3, -0.25) is 4.79 Å². The van der Waals surface area contributed by atoms with E-state index in [1.165, 1.54) is 12.0 Å². The van der Waals surface area contributed by atoms with Gasteiger partial charge in [0.15, 0.2) is 0 Å². The van der Waals surface area contributed by atoms with Gasteiger partial charge in [0.2, 0.25) is 5.91 Å². The molecule has 21 heavy (non-hydrogen) atoms. The van der Waals surface area contributed by atoms with E-state index < -0.39 is 0 Å². The number of nitrogens with one attached hydrogen (secondary N) is 2. The quantitative estimate of drug-likeness (QED) is 0.878. The van der Waals surface area contributed by atoms with Crippen molar-refractivity contribution in [1.82, 2.24) is 10.6 Å². The molecule has 2 aliphatic rings. The molecule has 1 aliphatic heterocycles. The molecule has 0 bridgehead atoms. The first-order valence-electron chi connectivity index (χ1n) is 8.26. The topological polar surface area (TPSA) is 41.1 Å². The Morgan fingerprint density at radius 1 is 1.19 bits per heavy atom. The van der Waals surface area contributed by atoms with Crippen molar-refractivity contribution in [2.45, 2.75) is 51.6 Å². The molecular formula is C18H26N2O. The standard InChI is InChI=1S/C18H26N2O/c1-12-7-8-15(11-13(12)2)20-18(21)17-16-6-4-3-5-14(16)9-10-19-17/h3-6,12-13,15,17,19H,7-11H2,1-2H3,(H,20,21). The molecule has 0 spiro atoms. The zero-order chi connectivity index (χ0) is 14.8. The molecule has 1 heterocycles. The van der Waals surface area contributed by atoms with Crippen molar-refractivity contribution in [3.05, 3.63) is 35.4 Å². The van der Waals surface area contributed by atoms with Gasteiger partial charge in [-0.1, -0.05) is 38.1 Å². The molecule has 1 fully saturated rings. The Labute approximate surface area is 127 Å². The molecule has 1 amide bonds. The summed E-state index contributed by atoms with van der Waals surface area (Å²) in [6.07, 6.45) is 4.46. The molecule has 3 nitrogen and oxygen atoms in total. The van der Waals surface area contributed by atoms with Gasteiger partial charge in [0.1, 0.15) is 6.04 Å². The van der Waals surface area contributed by atoms with E-state index in [4.69, 9.17) is 0 Å². The van der Waals surface area contributed by atoms with Crippen LogP contribution in [0.3, 0.4) is 0 Å². The summed E-state index contributed by atoms with van der Waals surface area (Å²) in [5.74, 6) is 1.64. The fourth-order valence-electron chi connectivity index (χ4n) is 3.70. The minimum atomic E-state index is -0.176. The van der Waals surface area contributed by atoms with E-state index in [-0.39, 0.29) is 11.9 Å². The van der Waals surface area contributed by atoms with Crippen LogP contribution >= 0.6 is 0 Å². The van der Waals surface area contributed by atoms with Gasteiger partial charge >= 0.3 is 0 Å². The van der Waals surface area contributed by atoms with Crippen molar-refractivity contribution in [2.24, 2.45) is 11.8 Å². The van der Waals surface area contributed by atoms with Crippen LogP contribution in [0.1, 0.15) is 50.3 Å². The summed E-state index contributed by atoms with van der Waals surface area (Å²) in [6.45, 7) is 5.51. The maximum Gasteiger partial charge on any atom is 0.241 e. The van der Waals surface area contributed by atoms with Crippen LogP contribution < -0.4 is 10.6 Å². The highest BCUT2D eigenvalue weighted by atomic mass is 16.2. The lowest BCUT2D eigenvalue weighted by Gasteiger charge is -2.34. The van der Waals surface area contributed by atoms with Crippen LogP contribution in [-0.2, 0) is 11.2 Å². The highest BCUT2D eigenvalue weighted by Crippen LogP contribution is 2.30. The first-order valence-corrected chi connectivity index (χ1v) is 8.26. The lowest BCUT2D eigenvalue weighted by Crippen LogP contribution is -2.47. The summed E-state index contributed by atoms with van der Waals surface area (Å²) >= 11 is 0. The van der Waals surface area contributed by atoms with Gasteiger partial charge in [-0.2, -0.15) is 0 Å². The number of amides is 1. The Balaban J connectivity index is 1.67. The first-order chi connectivity index (χ1) is 10.1. The number of carbonyl (C=O) groups excluding carboxylic acids is 1. The Bertz CT molecular complexity index is 514. The highest BCUT2D eigenvalue weighted by molar-refractivity contribution is 5.84. The van der Waals surface area contributed by atoms with Crippen molar-refractivity contribution in [1.29, 1.82) is 0 Å². The normalized spacial score (nSPS) is 32.3. The number of hydrogen-bond donors (Lipinski definition) is 2. The average molecular weight is 286 g/mol. The molecule has 1 aromatic rings. The second-order valence-corrected chi connectivity index (χ2v) is 6.81. The highest BCUT2D eigenvalue weighted by Gasteiger charge is 2.30. The lowest BCUT2D eigenvalue weighted by atomic mass is 9.79. The zero-order valence-electron chi connectivity index (χ0n) is 13.1. The van der Waals surface area contributed by atoms with Crippen LogP contribution in [0.15, 0.2) is 24.3 Å². The third-order valence-corrected chi connectivity index (χ3v) is 5.32. The molecule has 3 rings (SSSR count). The summed E-state index contributed by atoms with van der Waals surface area (Å²) in [6, 6.07) is 8.47. The smallest absolute Gasteiger partial charge is 0.241 e. The van der Waals surface area contributed by atoms with Crippen LogP contribution in [0.2, 0.25) is 0 Å². The number of fused-ring (bicyclic) bond motifs is 1. The Morgan fingerprint density at radius 3 is 2.81 bits per heavy atom. The maximum atomic E-state index is 12.6. The molecule has 114 valence electrons. The van der Waals surface area contributed by atoms with Crippen LogP contribution in [0.25, 0.3) is 0 Å². The molecule has 3 heteroatoms. The third kappa shape index (κ3) is 3.13. The van der Waals surface area contributed by atoms with E-state index >= 15 is 0 Å². The summed E-state index contributed by atoms with van der Waals surface area (Å²) in [7, 11) is 0. The van der Waals surface area contributed by atoms with Gasteiger partial charge in [0, 0.05) is 12.6 Å². The summed E-state index contributed by atoms with van der Waals surface area (Å²) < 4.78 is 0. The predicted octanol–water partition coefficient (Wildman–Crippen LogP) is 2.81. The van der Waals surface area contributed by atoms with E-state index in [9.17, 15) is 4.79 Å². The number of rotatable bonds is 2. The molecule has 2 N–H and O–H groups in total. The molecule has 1 saturated carbocycles. The van der Waals surface area contributed by atoms with Gasteiger partial charge in [-0.05, 0) is 48.6 Å². The molecule has 4 unspecified atom stereocenters. The minimum absolute atomic E-state index is 0.147. The summed E-state index contributed by atoms with van der Waals surface area (Å²) in [5, 5.41) is 6.65. The van der Waals surface area contributed by atoms with Gasteiger partial charge in [-0.25, -0.2) is 0 Å². The third-order valence-electron chi connectivity index (χ3n) is 5.32. The molecule has 1 aromatic carbocycles. The zero-order valence-corrected chi connectivity index (χ0v) is 13.1. The number of carbonyl (C=O) groups is 1. The molecule has 0 aromatic heterocycles. The van der Waals surface area contributed by atoms with Gasteiger partial charge in [0.05, 0.1) is 0 Å². The first kappa shape index (κ1) is 14.6. The minimum Gasteiger partial charge on any atom is -0.352 e. The average Bonchev–Trinajstić information content (AvgIpc) is 2.50. The SMILES string of the molecule is CC1CCC(NC(=O)C2NCCc3ccccc32)CC1C. The fourth-order valence-corrected chi connectivity index (χ4v) is 3.70. The van der Waals surface area contributed by atoms with Gasteiger partial charge < -0.3 is 10.6 Å². The van der Waals surface area contributed by atoms with Crippen molar-refractivity contribution in [3.8, 4) is 0 Å². The van der Waals surface area contributed by atoms with E-state index in [0.717, 1.165) is 37.3 Å². The molecule has 0 saturated heterocycles. The molecule has 1 aliphatic carbocycles. The monoisotopic (exact) mass is 286 g/mol. The molecule has 0 radical (unpaired) electrons. The van der Waals surface area contributed by atoms with Crippen molar-refractivity contribution in [2.75, 3.05) is 6.54 Å². The van der Waals surface area contributed by atoms with E-state index in [1.54, 1.807) is 0 Å². The van der Waals surface area contributed by atoms with Crippen molar-refractivity contribution in [3.63, 3.8) is 0 Å². The fraction of sp³-hybridized carbons (Fsp3) is 0.611. The Morgan fingerprint density at radius 2 is 2.00 bits per heavy atom. The van der Waals surface area contributed by atoms with Crippen molar-refractivity contribution >= 4 is 5.91 Å². The van der Waals surface area contributed by atoms with Crippen LogP contribution in [0, 0.1) is 11.8 Å². The second-order valence-electron chi connectivity index (χ2n) is 6.81. The van der Waals surface area contributed by atoms with Crippen LogP contribution in [-0.4, -0.2) is 18.5 Å². The molecule has 4 atom stereocenters. The maximum absolute atomic E-state index is 12.6. The van der Waals surface area contributed by atoms with Crippen LogP contribution in [0.4, 0.5) is 0 Å². The van der Waals surface area contributed by atoms with E-state index in [2.05, 4.69) is 42.7 Å². The Kier molecular flexibility index (Phi) is 4.29. The number of benzene rings is 1. The van der Waals surface area contributed by atoms with Gasteiger partial charge in [0.25, 0.3) is 0 Å². The largest absolute Gasteiger partial charge is 0.352 e. The van der Waals surface area contributed by atoms with Gasteiger partial charge in [-0.15, -0.1) is 0 Å².